The fourth-order valence-corrected chi connectivity index (χ4v) is 4.17. The number of fused-ring (bicyclic) bond motifs is 1. The minimum atomic E-state index is -0.0245. The van der Waals surface area contributed by atoms with Crippen molar-refractivity contribution in [3.8, 4) is 0 Å². The van der Waals surface area contributed by atoms with E-state index in [-0.39, 0.29) is 5.41 Å². The van der Waals surface area contributed by atoms with Crippen LogP contribution < -0.4 is 0 Å². The average Bonchev–Trinajstić information content (AvgIpc) is 2.92. The van der Waals surface area contributed by atoms with Crippen LogP contribution in [-0.2, 0) is 27.8 Å². The second kappa shape index (κ2) is 9.62. The third-order valence-corrected chi connectivity index (χ3v) is 5.54. The molecule has 0 saturated carbocycles. The van der Waals surface area contributed by atoms with Crippen LogP contribution in [0.25, 0.3) is 0 Å². The molecule has 26 heavy (non-hydrogen) atoms. The maximum Gasteiger partial charge on any atom is 0.240 e. The van der Waals surface area contributed by atoms with E-state index in [2.05, 4.69) is 30.8 Å². The van der Waals surface area contributed by atoms with Crippen LogP contribution in [-0.4, -0.2) is 12.2 Å². The lowest BCUT2D eigenvalue weighted by molar-refractivity contribution is 0.523. The molecule has 0 bridgehead atoms. The molecular weight excluding hydrogens is 324 g/mol. The Morgan fingerprint density at radius 2 is 1.58 bits per heavy atom. The summed E-state index contributed by atoms with van der Waals surface area (Å²) < 4.78 is 0. The first-order valence-corrected chi connectivity index (χ1v) is 9.90. The fraction of sp³-hybridized carbons (Fsp3) is 0.636. The number of aliphatic imine (C=N–C) groups is 2. The SMILES string of the molecule is CCCCCCCCCc1c(N=C=O)cc(N=C=O)c2c1CCC2(C)C. The van der Waals surface area contributed by atoms with Crippen molar-refractivity contribution < 1.29 is 9.59 Å². The summed E-state index contributed by atoms with van der Waals surface area (Å²) in [5.41, 5.74) is 4.71. The Morgan fingerprint density at radius 1 is 0.962 bits per heavy atom. The topological polar surface area (TPSA) is 58.9 Å². The summed E-state index contributed by atoms with van der Waals surface area (Å²) in [7, 11) is 0. The number of isocyanates is 2. The molecule has 1 aromatic carbocycles. The van der Waals surface area contributed by atoms with E-state index in [4.69, 9.17) is 0 Å². The summed E-state index contributed by atoms with van der Waals surface area (Å²) in [5, 5.41) is 0. The molecule has 0 unspecified atom stereocenters. The quantitative estimate of drug-likeness (QED) is 0.288. The highest BCUT2D eigenvalue weighted by Crippen LogP contribution is 2.48. The van der Waals surface area contributed by atoms with Crippen molar-refractivity contribution in [1.82, 2.24) is 0 Å². The van der Waals surface area contributed by atoms with Crippen LogP contribution in [0.15, 0.2) is 16.1 Å². The summed E-state index contributed by atoms with van der Waals surface area (Å²) in [6.07, 6.45) is 14.9. The number of nitrogens with zero attached hydrogens (tertiary/aromatic N) is 2. The molecular formula is C22H30N2O2. The van der Waals surface area contributed by atoms with Crippen molar-refractivity contribution in [3.63, 3.8) is 0 Å². The monoisotopic (exact) mass is 354 g/mol. The minimum Gasteiger partial charge on any atom is -0.211 e. The summed E-state index contributed by atoms with van der Waals surface area (Å²) in [4.78, 5) is 29.6. The molecule has 140 valence electrons. The molecule has 0 N–H and O–H groups in total. The molecule has 0 fully saturated rings. The maximum atomic E-state index is 10.9. The molecule has 0 saturated heterocycles. The van der Waals surface area contributed by atoms with Crippen LogP contribution >= 0.6 is 0 Å². The average molecular weight is 354 g/mol. The van der Waals surface area contributed by atoms with Crippen LogP contribution in [0.3, 0.4) is 0 Å². The summed E-state index contributed by atoms with van der Waals surface area (Å²) in [6.45, 7) is 6.60. The van der Waals surface area contributed by atoms with Gasteiger partial charge in [-0.15, -0.1) is 0 Å². The van der Waals surface area contributed by atoms with Gasteiger partial charge in [0, 0.05) is 0 Å². The molecule has 0 heterocycles. The van der Waals surface area contributed by atoms with Crippen molar-refractivity contribution in [2.45, 2.75) is 90.4 Å². The van der Waals surface area contributed by atoms with Gasteiger partial charge in [0.25, 0.3) is 0 Å². The molecule has 0 radical (unpaired) electrons. The molecule has 0 aliphatic heterocycles. The van der Waals surface area contributed by atoms with Crippen LogP contribution in [0, 0.1) is 0 Å². The van der Waals surface area contributed by atoms with Crippen LogP contribution in [0.5, 0.6) is 0 Å². The molecule has 1 aromatic rings. The third kappa shape index (κ3) is 4.78. The molecule has 0 aromatic heterocycles. The van der Waals surface area contributed by atoms with Crippen LogP contribution in [0.4, 0.5) is 11.4 Å². The normalized spacial score (nSPS) is 14.4. The van der Waals surface area contributed by atoms with Gasteiger partial charge in [-0.05, 0) is 53.9 Å². The van der Waals surface area contributed by atoms with E-state index < -0.39 is 0 Å². The minimum absolute atomic E-state index is 0.0245. The molecule has 2 rings (SSSR count). The molecule has 1 aliphatic rings. The molecule has 1 aliphatic carbocycles. The van der Waals surface area contributed by atoms with Crippen LogP contribution in [0.1, 0.15) is 88.8 Å². The van der Waals surface area contributed by atoms with Crippen molar-refractivity contribution in [2.24, 2.45) is 9.98 Å². The van der Waals surface area contributed by atoms with Gasteiger partial charge in [0.1, 0.15) is 0 Å². The molecule has 4 heteroatoms. The zero-order valence-corrected chi connectivity index (χ0v) is 16.4. The van der Waals surface area contributed by atoms with Crippen molar-refractivity contribution in [3.05, 3.63) is 22.8 Å². The van der Waals surface area contributed by atoms with E-state index in [1.807, 2.05) is 0 Å². The zero-order valence-electron chi connectivity index (χ0n) is 16.4. The van der Waals surface area contributed by atoms with E-state index in [0.29, 0.717) is 11.4 Å². The number of hydrogen-bond donors (Lipinski definition) is 0. The van der Waals surface area contributed by atoms with Gasteiger partial charge in [-0.1, -0.05) is 59.3 Å². The van der Waals surface area contributed by atoms with Gasteiger partial charge in [-0.2, -0.15) is 9.98 Å². The lowest BCUT2D eigenvalue weighted by Gasteiger charge is -2.22. The molecule has 4 nitrogen and oxygen atoms in total. The highest BCUT2D eigenvalue weighted by Gasteiger charge is 2.35. The highest BCUT2D eigenvalue weighted by atomic mass is 16.1. The smallest absolute Gasteiger partial charge is 0.211 e. The number of benzene rings is 1. The second-order valence-electron chi connectivity index (χ2n) is 7.91. The van der Waals surface area contributed by atoms with E-state index in [1.54, 1.807) is 18.2 Å². The van der Waals surface area contributed by atoms with Gasteiger partial charge < -0.3 is 0 Å². The Kier molecular flexibility index (Phi) is 7.50. The van der Waals surface area contributed by atoms with E-state index in [9.17, 15) is 9.59 Å². The highest BCUT2D eigenvalue weighted by molar-refractivity contribution is 5.71. The number of carbonyl (C=O) groups excluding carboxylic acids is 2. The lowest BCUT2D eigenvalue weighted by Crippen LogP contribution is -2.12. The van der Waals surface area contributed by atoms with Gasteiger partial charge in [0.2, 0.25) is 12.2 Å². The Morgan fingerprint density at radius 3 is 2.23 bits per heavy atom. The first-order chi connectivity index (χ1) is 12.5. The zero-order chi connectivity index (χ0) is 19.0. The maximum absolute atomic E-state index is 10.9. The number of rotatable bonds is 10. The van der Waals surface area contributed by atoms with Gasteiger partial charge in [-0.3, -0.25) is 0 Å². The largest absolute Gasteiger partial charge is 0.240 e. The second-order valence-corrected chi connectivity index (χ2v) is 7.91. The number of hydrogen-bond acceptors (Lipinski definition) is 4. The summed E-state index contributed by atoms with van der Waals surface area (Å²) >= 11 is 0. The summed E-state index contributed by atoms with van der Waals surface area (Å²) in [5.74, 6) is 0. The van der Waals surface area contributed by atoms with Gasteiger partial charge in [0.05, 0.1) is 11.4 Å². The lowest BCUT2D eigenvalue weighted by atomic mass is 9.84. The molecule has 0 amide bonds. The summed E-state index contributed by atoms with van der Waals surface area (Å²) in [6, 6.07) is 1.76. The van der Waals surface area contributed by atoms with E-state index in [1.165, 1.54) is 44.1 Å². The predicted molar refractivity (Wildman–Crippen MR) is 105 cm³/mol. The Bertz CT molecular complexity index is 724. The Hall–Kier alpha value is -2.02. The van der Waals surface area contributed by atoms with E-state index >= 15 is 0 Å². The van der Waals surface area contributed by atoms with Gasteiger partial charge in [-0.25, -0.2) is 9.59 Å². The standard InChI is InChI=1S/C22H30N2O2/c1-4-5-6-7-8-9-10-11-17-18-12-13-22(2,3)21(18)20(24-16-26)14-19(17)23-15-25/h14H,4-13H2,1-3H3. The first-order valence-electron chi connectivity index (χ1n) is 9.90. The van der Waals surface area contributed by atoms with Crippen LogP contribution in [0.2, 0.25) is 0 Å². The van der Waals surface area contributed by atoms with Gasteiger partial charge >= 0.3 is 0 Å². The third-order valence-electron chi connectivity index (χ3n) is 5.54. The molecule has 0 spiro atoms. The molecule has 0 atom stereocenters. The van der Waals surface area contributed by atoms with Crippen molar-refractivity contribution in [1.29, 1.82) is 0 Å². The fourth-order valence-electron chi connectivity index (χ4n) is 4.17. The van der Waals surface area contributed by atoms with Crippen molar-refractivity contribution in [2.75, 3.05) is 0 Å². The number of unbranched alkanes of at least 4 members (excludes halogenated alkanes) is 6. The van der Waals surface area contributed by atoms with Gasteiger partial charge in [0.15, 0.2) is 0 Å². The predicted octanol–water partition coefficient (Wildman–Crippen LogP) is 6.14. The Balaban J connectivity index is 2.23. The van der Waals surface area contributed by atoms with Crippen molar-refractivity contribution >= 4 is 23.5 Å². The Labute approximate surface area is 156 Å². The van der Waals surface area contributed by atoms with E-state index in [0.717, 1.165) is 36.8 Å². The first kappa shape index (κ1) is 20.3.